The highest BCUT2D eigenvalue weighted by Gasteiger charge is 2.33. The van der Waals surface area contributed by atoms with Gasteiger partial charge in [-0.1, -0.05) is 13.8 Å². The summed E-state index contributed by atoms with van der Waals surface area (Å²) >= 11 is 0. The number of carbonyl (C=O) groups excluding carboxylic acids is 1. The Morgan fingerprint density at radius 2 is 2.13 bits per heavy atom. The van der Waals surface area contributed by atoms with Crippen molar-refractivity contribution in [3.05, 3.63) is 0 Å². The Kier molecular flexibility index (Phi) is 3.77. The summed E-state index contributed by atoms with van der Waals surface area (Å²) in [7, 11) is 0. The van der Waals surface area contributed by atoms with Crippen molar-refractivity contribution in [3.8, 4) is 0 Å². The first-order chi connectivity index (χ1) is 6.80. The molecule has 0 aromatic heterocycles. The molecule has 0 aromatic rings. The van der Waals surface area contributed by atoms with Crippen molar-refractivity contribution in [2.45, 2.75) is 46.1 Å². The average Bonchev–Trinajstić information content (AvgIpc) is 2.48. The van der Waals surface area contributed by atoms with Crippen LogP contribution in [-0.4, -0.2) is 29.4 Å². The number of likely N-dealkylation sites (tertiary alicyclic amines) is 1. The number of carbonyl (C=O) groups is 1. The molecule has 1 amide bonds. The van der Waals surface area contributed by atoms with E-state index in [1.54, 1.807) is 13.8 Å². The Morgan fingerprint density at radius 3 is 2.60 bits per heavy atom. The molecule has 1 unspecified atom stereocenters. The van der Waals surface area contributed by atoms with E-state index in [0.717, 1.165) is 25.4 Å². The first-order valence-corrected chi connectivity index (χ1v) is 5.89. The van der Waals surface area contributed by atoms with Crippen molar-refractivity contribution < 1.29 is 4.79 Å². The highest BCUT2D eigenvalue weighted by Crippen LogP contribution is 2.24. The predicted octanol–water partition coefficient (Wildman–Crippen LogP) is 1.62. The third-order valence-electron chi connectivity index (χ3n) is 2.93. The Hall–Kier alpha value is -0.570. The van der Waals surface area contributed by atoms with Crippen LogP contribution in [0.15, 0.2) is 0 Å². The summed E-state index contributed by atoms with van der Waals surface area (Å²) in [5, 5.41) is 0. The van der Waals surface area contributed by atoms with Gasteiger partial charge in [-0.25, -0.2) is 0 Å². The van der Waals surface area contributed by atoms with Crippen molar-refractivity contribution in [1.82, 2.24) is 4.90 Å². The quantitative estimate of drug-likeness (QED) is 0.772. The zero-order valence-corrected chi connectivity index (χ0v) is 10.4. The molecule has 3 heteroatoms. The monoisotopic (exact) mass is 212 g/mol. The summed E-state index contributed by atoms with van der Waals surface area (Å²) in [5.74, 6) is 1.49. The van der Waals surface area contributed by atoms with Crippen molar-refractivity contribution in [3.63, 3.8) is 0 Å². The highest BCUT2D eigenvalue weighted by atomic mass is 16.2. The average molecular weight is 212 g/mol. The predicted molar refractivity (Wildman–Crippen MR) is 62.4 cm³/mol. The molecule has 2 N–H and O–H groups in total. The van der Waals surface area contributed by atoms with Gasteiger partial charge in [0.25, 0.3) is 0 Å². The second kappa shape index (κ2) is 4.52. The van der Waals surface area contributed by atoms with Gasteiger partial charge in [0, 0.05) is 13.1 Å². The van der Waals surface area contributed by atoms with Crippen LogP contribution in [0.25, 0.3) is 0 Å². The van der Waals surface area contributed by atoms with E-state index in [4.69, 9.17) is 5.73 Å². The van der Waals surface area contributed by atoms with E-state index < -0.39 is 5.54 Å². The summed E-state index contributed by atoms with van der Waals surface area (Å²) in [6.45, 7) is 9.82. The van der Waals surface area contributed by atoms with Crippen LogP contribution in [0.5, 0.6) is 0 Å². The first kappa shape index (κ1) is 12.5. The van der Waals surface area contributed by atoms with Crippen LogP contribution in [0.3, 0.4) is 0 Å². The summed E-state index contributed by atoms with van der Waals surface area (Å²) in [6.07, 6.45) is 2.36. The fourth-order valence-electron chi connectivity index (χ4n) is 2.28. The van der Waals surface area contributed by atoms with Crippen LogP contribution >= 0.6 is 0 Å². The van der Waals surface area contributed by atoms with Gasteiger partial charge in [-0.3, -0.25) is 4.79 Å². The Labute approximate surface area is 93.0 Å². The molecule has 0 bridgehead atoms. The molecule has 0 spiro atoms. The summed E-state index contributed by atoms with van der Waals surface area (Å²) in [5.41, 5.74) is 5.10. The van der Waals surface area contributed by atoms with E-state index in [1.807, 2.05) is 4.90 Å². The van der Waals surface area contributed by atoms with Crippen molar-refractivity contribution in [2.24, 2.45) is 17.6 Å². The van der Waals surface area contributed by atoms with E-state index in [1.165, 1.54) is 6.42 Å². The molecular formula is C12H24N2O. The van der Waals surface area contributed by atoms with Crippen LogP contribution in [0.2, 0.25) is 0 Å². The van der Waals surface area contributed by atoms with E-state index in [-0.39, 0.29) is 5.91 Å². The Balaban J connectivity index is 2.46. The molecule has 0 aliphatic carbocycles. The third-order valence-corrected chi connectivity index (χ3v) is 2.93. The molecule has 1 fully saturated rings. The fourth-order valence-corrected chi connectivity index (χ4v) is 2.28. The summed E-state index contributed by atoms with van der Waals surface area (Å²) in [4.78, 5) is 13.8. The minimum atomic E-state index is -0.716. The van der Waals surface area contributed by atoms with Gasteiger partial charge in [-0.05, 0) is 38.5 Å². The van der Waals surface area contributed by atoms with Crippen LogP contribution in [0.1, 0.15) is 40.5 Å². The zero-order valence-electron chi connectivity index (χ0n) is 10.4. The molecule has 1 atom stereocenters. The smallest absolute Gasteiger partial charge is 0.242 e. The number of nitrogens with two attached hydrogens (primary N) is 1. The van der Waals surface area contributed by atoms with Gasteiger partial charge in [0.15, 0.2) is 0 Å². The maximum Gasteiger partial charge on any atom is 0.242 e. The van der Waals surface area contributed by atoms with E-state index in [9.17, 15) is 4.79 Å². The van der Waals surface area contributed by atoms with Gasteiger partial charge in [-0.2, -0.15) is 0 Å². The van der Waals surface area contributed by atoms with Crippen LogP contribution in [-0.2, 0) is 4.79 Å². The molecule has 0 aromatic carbocycles. The zero-order chi connectivity index (χ0) is 11.6. The normalized spacial score (nSPS) is 22.5. The third kappa shape index (κ3) is 3.49. The second-order valence-electron chi connectivity index (χ2n) is 5.76. The molecule has 1 aliphatic heterocycles. The van der Waals surface area contributed by atoms with Gasteiger partial charge in [-0.15, -0.1) is 0 Å². The lowest BCUT2D eigenvalue weighted by molar-refractivity contribution is -0.134. The number of hydrogen-bond donors (Lipinski definition) is 1. The van der Waals surface area contributed by atoms with Gasteiger partial charge in [0.1, 0.15) is 0 Å². The van der Waals surface area contributed by atoms with Crippen LogP contribution in [0, 0.1) is 11.8 Å². The maximum atomic E-state index is 11.9. The Bertz CT molecular complexity index is 230. The molecule has 1 rings (SSSR count). The minimum Gasteiger partial charge on any atom is -0.341 e. The highest BCUT2D eigenvalue weighted by molar-refractivity contribution is 5.85. The Morgan fingerprint density at radius 1 is 1.53 bits per heavy atom. The molecule has 1 heterocycles. The lowest BCUT2D eigenvalue weighted by Crippen LogP contribution is -2.50. The SMILES string of the molecule is CC(C)CC1CCN(C(=O)C(C)(C)N)C1. The molecule has 88 valence electrons. The molecule has 0 saturated carbocycles. The molecular weight excluding hydrogens is 188 g/mol. The van der Waals surface area contributed by atoms with E-state index in [0.29, 0.717) is 5.92 Å². The minimum absolute atomic E-state index is 0.0914. The number of rotatable bonds is 3. The molecule has 0 radical (unpaired) electrons. The van der Waals surface area contributed by atoms with E-state index in [2.05, 4.69) is 13.8 Å². The van der Waals surface area contributed by atoms with Gasteiger partial charge >= 0.3 is 0 Å². The topological polar surface area (TPSA) is 46.3 Å². The van der Waals surface area contributed by atoms with Crippen LogP contribution in [0.4, 0.5) is 0 Å². The van der Waals surface area contributed by atoms with Gasteiger partial charge in [0.2, 0.25) is 5.91 Å². The molecule has 3 nitrogen and oxygen atoms in total. The maximum absolute atomic E-state index is 11.9. The standard InChI is InChI=1S/C12H24N2O/c1-9(2)7-10-5-6-14(8-10)11(15)12(3,4)13/h9-10H,5-8,13H2,1-4H3. The largest absolute Gasteiger partial charge is 0.341 e. The van der Waals surface area contributed by atoms with Gasteiger partial charge in [0.05, 0.1) is 5.54 Å². The molecule has 1 aliphatic rings. The lowest BCUT2D eigenvalue weighted by atomic mass is 9.96. The number of nitrogens with zero attached hydrogens (tertiary/aromatic N) is 1. The molecule has 1 saturated heterocycles. The first-order valence-electron chi connectivity index (χ1n) is 5.89. The van der Waals surface area contributed by atoms with Crippen molar-refractivity contribution in [1.29, 1.82) is 0 Å². The van der Waals surface area contributed by atoms with Crippen molar-refractivity contribution in [2.75, 3.05) is 13.1 Å². The van der Waals surface area contributed by atoms with Crippen molar-refractivity contribution >= 4 is 5.91 Å². The number of hydrogen-bond acceptors (Lipinski definition) is 2. The lowest BCUT2D eigenvalue weighted by Gasteiger charge is -2.25. The van der Waals surface area contributed by atoms with Crippen LogP contribution < -0.4 is 5.73 Å². The van der Waals surface area contributed by atoms with Gasteiger partial charge < -0.3 is 10.6 Å². The van der Waals surface area contributed by atoms with E-state index >= 15 is 0 Å². The second-order valence-corrected chi connectivity index (χ2v) is 5.76. The number of amides is 1. The fraction of sp³-hybridized carbons (Fsp3) is 0.917. The summed E-state index contributed by atoms with van der Waals surface area (Å²) in [6, 6.07) is 0. The summed E-state index contributed by atoms with van der Waals surface area (Å²) < 4.78 is 0. The molecule has 15 heavy (non-hydrogen) atoms.